The number of sulfonamides is 1. The molecule has 0 saturated carbocycles. The van der Waals surface area contributed by atoms with E-state index in [4.69, 9.17) is 10.8 Å². The second kappa shape index (κ2) is 6.17. The first-order valence-corrected chi connectivity index (χ1v) is 8.02. The van der Waals surface area contributed by atoms with Crippen molar-refractivity contribution in [1.29, 1.82) is 0 Å². The van der Waals surface area contributed by atoms with Crippen molar-refractivity contribution in [3.63, 3.8) is 0 Å². The van der Waals surface area contributed by atoms with Gasteiger partial charge in [0.25, 0.3) is 0 Å². The zero-order valence-electron chi connectivity index (χ0n) is 11.1. The van der Waals surface area contributed by atoms with Gasteiger partial charge in [-0.1, -0.05) is 0 Å². The monoisotopic (exact) mass is 302 g/mol. The Kier molecular flexibility index (Phi) is 4.74. The molecule has 1 aliphatic heterocycles. The maximum Gasteiger partial charge on any atom is 0.243 e. The molecule has 1 aromatic carbocycles. The van der Waals surface area contributed by atoms with Gasteiger partial charge in [-0.05, 0) is 37.0 Å². The van der Waals surface area contributed by atoms with Crippen LogP contribution in [0.2, 0.25) is 0 Å². The van der Waals surface area contributed by atoms with Crippen LogP contribution in [0.3, 0.4) is 0 Å². The summed E-state index contributed by atoms with van der Waals surface area (Å²) in [6.45, 7) is 0.801. The van der Waals surface area contributed by atoms with Crippen LogP contribution >= 0.6 is 0 Å². The number of rotatable bonds is 4. The Morgan fingerprint density at radius 3 is 2.55 bits per heavy atom. The quantitative estimate of drug-likeness (QED) is 0.856. The lowest BCUT2D eigenvalue weighted by molar-refractivity contribution is 0.170. The van der Waals surface area contributed by atoms with Crippen LogP contribution in [0.5, 0.6) is 0 Å². The van der Waals surface area contributed by atoms with Gasteiger partial charge in [0.2, 0.25) is 10.0 Å². The van der Waals surface area contributed by atoms with Crippen LogP contribution in [0, 0.1) is 11.7 Å². The zero-order chi connectivity index (χ0) is 14.8. The van der Waals surface area contributed by atoms with Crippen LogP contribution in [0.4, 0.5) is 4.39 Å². The number of nitrogens with two attached hydrogens (primary N) is 1. The average molecular weight is 302 g/mol. The van der Waals surface area contributed by atoms with Crippen LogP contribution in [0.25, 0.3) is 0 Å². The van der Waals surface area contributed by atoms with Gasteiger partial charge >= 0.3 is 0 Å². The van der Waals surface area contributed by atoms with E-state index in [0.29, 0.717) is 25.9 Å². The third kappa shape index (κ3) is 3.01. The molecule has 0 spiro atoms. The highest BCUT2D eigenvalue weighted by atomic mass is 32.2. The Morgan fingerprint density at radius 1 is 1.35 bits per heavy atom. The molecule has 3 N–H and O–H groups in total. The van der Waals surface area contributed by atoms with E-state index in [-0.39, 0.29) is 29.5 Å². The van der Waals surface area contributed by atoms with Crippen LogP contribution in [0.15, 0.2) is 23.1 Å². The highest BCUT2D eigenvalue weighted by Gasteiger charge is 2.29. The molecule has 112 valence electrons. The first-order chi connectivity index (χ1) is 9.48. The van der Waals surface area contributed by atoms with Crippen LogP contribution < -0.4 is 5.73 Å². The van der Waals surface area contributed by atoms with Gasteiger partial charge < -0.3 is 10.8 Å². The fraction of sp³-hybridized carbons (Fsp3) is 0.538. The van der Waals surface area contributed by atoms with Gasteiger partial charge in [0.15, 0.2) is 0 Å². The SMILES string of the molecule is NCc1cc(S(=O)(=O)N2CCC(CO)CC2)ccc1F. The van der Waals surface area contributed by atoms with E-state index in [1.807, 2.05) is 0 Å². The highest BCUT2D eigenvalue weighted by molar-refractivity contribution is 7.89. The molecule has 0 bridgehead atoms. The number of hydrogen-bond donors (Lipinski definition) is 2. The van der Waals surface area contributed by atoms with Crippen molar-refractivity contribution in [2.75, 3.05) is 19.7 Å². The van der Waals surface area contributed by atoms with Crippen molar-refractivity contribution in [1.82, 2.24) is 4.31 Å². The number of hydrogen-bond acceptors (Lipinski definition) is 4. The molecular weight excluding hydrogens is 283 g/mol. The minimum absolute atomic E-state index is 0.0399. The van der Waals surface area contributed by atoms with Crippen molar-refractivity contribution in [3.8, 4) is 0 Å². The van der Waals surface area contributed by atoms with Crippen LogP contribution in [0.1, 0.15) is 18.4 Å². The average Bonchev–Trinajstić information content (AvgIpc) is 2.47. The third-order valence-electron chi connectivity index (χ3n) is 3.71. The molecule has 0 aromatic heterocycles. The highest BCUT2D eigenvalue weighted by Crippen LogP contribution is 2.24. The van der Waals surface area contributed by atoms with E-state index in [1.54, 1.807) is 0 Å². The number of nitrogens with zero attached hydrogens (tertiary/aromatic N) is 1. The molecule has 2 rings (SSSR count). The van der Waals surface area contributed by atoms with E-state index >= 15 is 0 Å². The molecule has 0 atom stereocenters. The molecule has 0 amide bonds. The van der Waals surface area contributed by atoms with E-state index in [9.17, 15) is 12.8 Å². The Balaban J connectivity index is 2.22. The molecule has 0 radical (unpaired) electrons. The van der Waals surface area contributed by atoms with Crippen molar-refractivity contribution >= 4 is 10.0 Å². The van der Waals surface area contributed by atoms with E-state index in [1.165, 1.54) is 16.4 Å². The number of benzene rings is 1. The summed E-state index contributed by atoms with van der Waals surface area (Å²) in [4.78, 5) is 0.0711. The summed E-state index contributed by atoms with van der Waals surface area (Å²) in [7, 11) is -3.61. The lowest BCUT2D eigenvalue weighted by Gasteiger charge is -2.30. The van der Waals surface area contributed by atoms with E-state index < -0.39 is 15.8 Å². The van der Waals surface area contributed by atoms with Gasteiger partial charge in [-0.3, -0.25) is 0 Å². The van der Waals surface area contributed by atoms with Gasteiger partial charge in [0, 0.05) is 31.8 Å². The Morgan fingerprint density at radius 2 is 2.00 bits per heavy atom. The van der Waals surface area contributed by atoms with Crippen LogP contribution in [-0.2, 0) is 16.6 Å². The Bertz CT molecular complexity index is 569. The second-order valence-electron chi connectivity index (χ2n) is 4.99. The van der Waals surface area contributed by atoms with Gasteiger partial charge in [-0.15, -0.1) is 0 Å². The molecule has 0 unspecified atom stereocenters. The summed E-state index contributed by atoms with van der Waals surface area (Å²) in [6, 6.07) is 3.69. The number of halogens is 1. The molecule has 20 heavy (non-hydrogen) atoms. The number of aliphatic hydroxyl groups excluding tert-OH is 1. The molecule has 7 heteroatoms. The lowest BCUT2D eigenvalue weighted by atomic mass is 10.00. The molecule has 1 aliphatic rings. The second-order valence-corrected chi connectivity index (χ2v) is 6.93. The maximum absolute atomic E-state index is 13.4. The molecule has 0 aliphatic carbocycles. The summed E-state index contributed by atoms with van der Waals surface area (Å²) in [5.74, 6) is -0.334. The van der Waals surface area contributed by atoms with Gasteiger partial charge in [-0.25, -0.2) is 12.8 Å². The minimum Gasteiger partial charge on any atom is -0.396 e. The molecule has 1 saturated heterocycles. The Labute approximate surface area is 118 Å². The first kappa shape index (κ1) is 15.4. The predicted molar refractivity (Wildman–Crippen MR) is 72.9 cm³/mol. The standard InChI is InChI=1S/C13H19FN2O3S/c14-13-2-1-12(7-11(13)8-15)20(18,19)16-5-3-10(9-17)4-6-16/h1-2,7,10,17H,3-6,8-9,15H2. The van der Waals surface area contributed by atoms with Gasteiger partial charge in [-0.2, -0.15) is 4.31 Å². The van der Waals surface area contributed by atoms with Crippen molar-refractivity contribution in [2.24, 2.45) is 11.7 Å². The summed E-state index contributed by atoms with van der Waals surface area (Å²) < 4.78 is 39.7. The Hall–Kier alpha value is -1.02. The van der Waals surface area contributed by atoms with Crippen molar-refractivity contribution < 1.29 is 17.9 Å². The van der Waals surface area contributed by atoms with E-state index in [2.05, 4.69) is 0 Å². The maximum atomic E-state index is 13.4. The lowest BCUT2D eigenvalue weighted by Crippen LogP contribution is -2.39. The number of aliphatic hydroxyl groups is 1. The first-order valence-electron chi connectivity index (χ1n) is 6.58. The molecule has 1 fully saturated rings. The minimum atomic E-state index is -3.61. The van der Waals surface area contributed by atoms with Gasteiger partial charge in [0.05, 0.1) is 4.90 Å². The predicted octanol–water partition coefficient (Wildman–Crippen LogP) is 0.677. The summed E-state index contributed by atoms with van der Waals surface area (Å²) in [6.07, 6.45) is 1.28. The van der Waals surface area contributed by atoms with Crippen LogP contribution in [-0.4, -0.2) is 37.5 Å². The van der Waals surface area contributed by atoms with E-state index in [0.717, 1.165) is 6.07 Å². The number of piperidine rings is 1. The molecule has 5 nitrogen and oxygen atoms in total. The largest absolute Gasteiger partial charge is 0.396 e. The molecular formula is C13H19FN2O3S. The van der Waals surface area contributed by atoms with Crippen molar-refractivity contribution in [3.05, 3.63) is 29.6 Å². The normalized spacial score (nSPS) is 18.4. The topological polar surface area (TPSA) is 83.6 Å². The summed E-state index contributed by atoms with van der Waals surface area (Å²) in [5.41, 5.74) is 5.59. The molecule has 1 heterocycles. The fourth-order valence-electron chi connectivity index (χ4n) is 2.35. The smallest absolute Gasteiger partial charge is 0.243 e. The summed E-state index contributed by atoms with van der Waals surface area (Å²) >= 11 is 0. The fourth-order valence-corrected chi connectivity index (χ4v) is 3.87. The van der Waals surface area contributed by atoms with Gasteiger partial charge in [0.1, 0.15) is 5.82 Å². The zero-order valence-corrected chi connectivity index (χ0v) is 11.9. The van der Waals surface area contributed by atoms with Crippen molar-refractivity contribution in [2.45, 2.75) is 24.3 Å². The third-order valence-corrected chi connectivity index (χ3v) is 5.60. The summed E-state index contributed by atoms with van der Waals surface area (Å²) in [5, 5.41) is 9.07. The molecule has 1 aromatic rings.